The fourth-order valence-electron chi connectivity index (χ4n) is 4.36. The van der Waals surface area contributed by atoms with Crippen LogP contribution in [0.15, 0.2) is 66.9 Å². The molecule has 0 saturated heterocycles. The van der Waals surface area contributed by atoms with E-state index in [0.29, 0.717) is 24.3 Å². The van der Waals surface area contributed by atoms with Crippen molar-refractivity contribution < 1.29 is 14.6 Å². The van der Waals surface area contributed by atoms with Gasteiger partial charge in [-0.15, -0.1) is 0 Å². The lowest BCUT2D eigenvalue weighted by Gasteiger charge is -2.18. The monoisotopic (exact) mass is 456 g/mol. The van der Waals surface area contributed by atoms with E-state index in [1.165, 1.54) is 11.1 Å². The van der Waals surface area contributed by atoms with Crippen LogP contribution in [0.1, 0.15) is 40.4 Å². The number of H-pyrrole nitrogens is 1. The minimum atomic E-state index is -0.421. The summed E-state index contributed by atoms with van der Waals surface area (Å²) < 4.78 is 5.90. The number of fused-ring (bicyclic) bond motifs is 1. The van der Waals surface area contributed by atoms with Crippen LogP contribution in [0.5, 0.6) is 5.75 Å². The van der Waals surface area contributed by atoms with Crippen molar-refractivity contribution in [2.24, 2.45) is 0 Å². The van der Waals surface area contributed by atoms with Crippen molar-refractivity contribution in [1.29, 1.82) is 0 Å². The molecule has 1 atom stereocenters. The second-order valence-electron chi connectivity index (χ2n) is 8.85. The zero-order valence-corrected chi connectivity index (χ0v) is 20.0. The van der Waals surface area contributed by atoms with Crippen molar-refractivity contribution in [3.05, 3.63) is 89.1 Å². The van der Waals surface area contributed by atoms with Gasteiger partial charge in [0.1, 0.15) is 5.75 Å². The first-order chi connectivity index (χ1) is 16.5. The summed E-state index contributed by atoms with van der Waals surface area (Å²) in [6.07, 6.45) is 3.31. The molecule has 0 spiro atoms. The van der Waals surface area contributed by atoms with Gasteiger partial charge >= 0.3 is 0 Å². The molecule has 5 nitrogen and oxygen atoms in total. The second-order valence-corrected chi connectivity index (χ2v) is 8.85. The summed E-state index contributed by atoms with van der Waals surface area (Å²) in [6, 6.07) is 19.7. The number of aromatic nitrogens is 1. The van der Waals surface area contributed by atoms with Crippen LogP contribution in [0, 0.1) is 13.8 Å². The van der Waals surface area contributed by atoms with E-state index in [9.17, 15) is 9.90 Å². The van der Waals surface area contributed by atoms with Gasteiger partial charge in [0.05, 0.1) is 24.8 Å². The van der Waals surface area contributed by atoms with Crippen LogP contribution >= 0.6 is 0 Å². The van der Waals surface area contributed by atoms with Crippen LogP contribution in [0.3, 0.4) is 0 Å². The Balaban J connectivity index is 1.61. The first-order valence-corrected chi connectivity index (χ1v) is 11.8. The number of carbonyl (C=O) groups is 1. The van der Waals surface area contributed by atoms with E-state index >= 15 is 0 Å². The van der Waals surface area contributed by atoms with Gasteiger partial charge in [0.15, 0.2) is 0 Å². The van der Waals surface area contributed by atoms with E-state index in [2.05, 4.69) is 42.3 Å². The maximum absolute atomic E-state index is 13.4. The number of ether oxygens (including phenoxy) is 1. The van der Waals surface area contributed by atoms with E-state index in [1.54, 1.807) is 0 Å². The number of carbonyl (C=O) groups excluding carboxylic acids is 1. The molecule has 1 aromatic heterocycles. The van der Waals surface area contributed by atoms with Crippen molar-refractivity contribution in [2.45, 2.75) is 39.7 Å². The SMILES string of the molecule is CCCOc1ccc(-c2cc(C)cc(C)c2)cc1C(=O)N[C@H](CO)Cc1c[nH]c2ccccc12. The Morgan fingerprint density at radius 1 is 1.03 bits per heavy atom. The van der Waals surface area contributed by atoms with Gasteiger partial charge in [-0.2, -0.15) is 0 Å². The zero-order chi connectivity index (χ0) is 24.1. The third-order valence-corrected chi connectivity index (χ3v) is 5.94. The Morgan fingerprint density at radius 3 is 2.53 bits per heavy atom. The van der Waals surface area contributed by atoms with Gasteiger partial charge in [-0.1, -0.05) is 60.5 Å². The molecule has 0 aliphatic rings. The second kappa shape index (κ2) is 10.6. The molecule has 0 aliphatic carbocycles. The van der Waals surface area contributed by atoms with E-state index < -0.39 is 6.04 Å². The summed E-state index contributed by atoms with van der Waals surface area (Å²) in [4.78, 5) is 16.7. The maximum atomic E-state index is 13.4. The van der Waals surface area contributed by atoms with Crippen LogP contribution in [0.2, 0.25) is 0 Å². The molecule has 176 valence electrons. The molecule has 5 heteroatoms. The van der Waals surface area contributed by atoms with E-state index in [1.807, 2.05) is 55.6 Å². The van der Waals surface area contributed by atoms with Crippen molar-refractivity contribution in [1.82, 2.24) is 10.3 Å². The molecule has 0 fully saturated rings. The van der Waals surface area contributed by atoms with Gasteiger partial charge in [-0.3, -0.25) is 4.79 Å². The van der Waals surface area contributed by atoms with Crippen molar-refractivity contribution in [2.75, 3.05) is 13.2 Å². The minimum Gasteiger partial charge on any atom is -0.493 e. The molecule has 1 amide bonds. The fraction of sp³-hybridized carbons (Fsp3) is 0.276. The van der Waals surface area contributed by atoms with Gasteiger partial charge in [0.25, 0.3) is 5.91 Å². The predicted molar refractivity (Wildman–Crippen MR) is 137 cm³/mol. The minimum absolute atomic E-state index is 0.160. The maximum Gasteiger partial charge on any atom is 0.255 e. The first kappa shape index (κ1) is 23.6. The van der Waals surface area contributed by atoms with Gasteiger partial charge < -0.3 is 20.1 Å². The lowest BCUT2D eigenvalue weighted by Crippen LogP contribution is -2.39. The highest BCUT2D eigenvalue weighted by Gasteiger charge is 2.19. The predicted octanol–water partition coefficient (Wildman–Crippen LogP) is 5.57. The molecule has 0 radical (unpaired) electrons. The number of aliphatic hydroxyl groups excluding tert-OH is 1. The molecule has 0 unspecified atom stereocenters. The summed E-state index contributed by atoms with van der Waals surface area (Å²) in [6.45, 7) is 6.54. The molecule has 4 aromatic rings. The topological polar surface area (TPSA) is 74.3 Å². The highest BCUT2D eigenvalue weighted by Crippen LogP contribution is 2.29. The van der Waals surface area contributed by atoms with Gasteiger partial charge in [0, 0.05) is 17.1 Å². The van der Waals surface area contributed by atoms with Crippen molar-refractivity contribution in [3.8, 4) is 16.9 Å². The molecule has 0 aliphatic heterocycles. The molecular weight excluding hydrogens is 424 g/mol. The number of amides is 1. The zero-order valence-electron chi connectivity index (χ0n) is 20.0. The van der Waals surface area contributed by atoms with Crippen LogP contribution in [-0.2, 0) is 6.42 Å². The number of rotatable bonds is 9. The Kier molecular flexibility index (Phi) is 7.33. The number of nitrogens with one attached hydrogen (secondary N) is 2. The molecule has 0 saturated carbocycles. The summed E-state index contributed by atoms with van der Waals surface area (Å²) in [7, 11) is 0. The summed E-state index contributed by atoms with van der Waals surface area (Å²) >= 11 is 0. The van der Waals surface area contributed by atoms with E-state index in [-0.39, 0.29) is 12.5 Å². The quantitative estimate of drug-likeness (QED) is 0.308. The summed E-state index contributed by atoms with van der Waals surface area (Å²) in [5, 5.41) is 14.2. The van der Waals surface area contributed by atoms with Gasteiger partial charge in [0.2, 0.25) is 0 Å². The highest BCUT2D eigenvalue weighted by atomic mass is 16.5. The fourth-order valence-corrected chi connectivity index (χ4v) is 4.36. The first-order valence-electron chi connectivity index (χ1n) is 11.8. The summed E-state index contributed by atoms with van der Waals surface area (Å²) in [5.74, 6) is 0.299. The molecule has 3 aromatic carbocycles. The normalized spacial score (nSPS) is 12.0. The molecular formula is C29H32N2O3. The molecule has 3 N–H and O–H groups in total. The summed E-state index contributed by atoms with van der Waals surface area (Å²) in [5.41, 5.74) is 6.93. The number of hydrogen-bond acceptors (Lipinski definition) is 3. The number of aryl methyl sites for hydroxylation is 2. The van der Waals surface area contributed by atoms with E-state index in [0.717, 1.165) is 34.0 Å². The van der Waals surface area contributed by atoms with Crippen molar-refractivity contribution in [3.63, 3.8) is 0 Å². The number of para-hydroxylation sites is 1. The molecule has 4 rings (SSSR count). The third-order valence-electron chi connectivity index (χ3n) is 5.94. The van der Waals surface area contributed by atoms with Crippen LogP contribution in [0.4, 0.5) is 0 Å². The van der Waals surface area contributed by atoms with Crippen LogP contribution < -0.4 is 10.1 Å². The number of hydrogen-bond donors (Lipinski definition) is 3. The lowest BCUT2D eigenvalue weighted by molar-refractivity contribution is 0.0912. The Labute approximate surface area is 200 Å². The van der Waals surface area contributed by atoms with Crippen molar-refractivity contribution >= 4 is 16.8 Å². The Bertz CT molecular complexity index is 1270. The molecule has 34 heavy (non-hydrogen) atoms. The third kappa shape index (κ3) is 5.32. The van der Waals surface area contributed by atoms with Crippen LogP contribution in [0.25, 0.3) is 22.0 Å². The number of aromatic amines is 1. The van der Waals surface area contributed by atoms with Crippen LogP contribution in [-0.4, -0.2) is 35.3 Å². The lowest BCUT2D eigenvalue weighted by atomic mass is 9.98. The highest BCUT2D eigenvalue weighted by molar-refractivity contribution is 5.98. The Hall–Kier alpha value is -3.57. The number of aliphatic hydroxyl groups is 1. The smallest absolute Gasteiger partial charge is 0.255 e. The average Bonchev–Trinajstić information content (AvgIpc) is 3.24. The van der Waals surface area contributed by atoms with Gasteiger partial charge in [-0.25, -0.2) is 0 Å². The molecule has 1 heterocycles. The average molecular weight is 457 g/mol. The molecule has 0 bridgehead atoms. The largest absolute Gasteiger partial charge is 0.493 e. The Morgan fingerprint density at radius 2 is 1.79 bits per heavy atom. The van der Waals surface area contributed by atoms with E-state index in [4.69, 9.17) is 4.74 Å². The number of benzene rings is 3. The van der Waals surface area contributed by atoms with Gasteiger partial charge in [-0.05, 0) is 61.6 Å². The standard InChI is InChI=1S/C29H32N2O3/c1-4-11-34-28-10-9-21(22-13-19(2)12-20(3)14-22)16-26(28)29(33)31-24(18-32)15-23-17-30-27-8-6-5-7-25(23)27/h5-10,12-14,16-17,24,30,32H,4,11,15,18H2,1-3H3,(H,31,33)/t24-/m0/s1.